The summed E-state index contributed by atoms with van der Waals surface area (Å²) in [4.78, 5) is 27.6. The maximum atomic E-state index is 14.1. The van der Waals surface area contributed by atoms with Crippen LogP contribution in [0.1, 0.15) is 66.7 Å². The minimum atomic E-state index is -1.85. The molecular weight excluding hydrogens is 848 g/mol. The van der Waals surface area contributed by atoms with Crippen LogP contribution in [0.15, 0.2) is 78.9 Å². The molecule has 6 aromatic rings. The zero-order valence-electron chi connectivity index (χ0n) is 32.3. The molecule has 0 fully saturated rings. The summed E-state index contributed by atoms with van der Waals surface area (Å²) in [5.74, 6) is -15.6. The predicted octanol–water partition coefficient (Wildman–Crippen LogP) is 4.96. The van der Waals surface area contributed by atoms with Gasteiger partial charge >= 0.3 is 11.9 Å². The third-order valence-electron chi connectivity index (χ3n) is 10.7. The lowest BCUT2D eigenvalue weighted by Crippen LogP contribution is -2.40. The summed E-state index contributed by atoms with van der Waals surface area (Å²) >= 11 is 0. The number of ether oxygens (including phenoxy) is 4. The SMILES string of the molecule is O=C(OC1Cc2c(O)cc(O)c(C3c4c(O)cc(O)cc4O[C@H](c4ccc(O)c(O)c4)C3OC(=O)c3cc(O)c(O)c(O)c3)c2O[C@@H]1c1ccc(O)c(O)c1)c1cc(O)c(O)c(O)c1. The number of fused-ring (bicyclic) bond motifs is 2. The Hall–Kier alpha value is -8.94. The van der Waals surface area contributed by atoms with E-state index in [1.165, 1.54) is 12.1 Å². The van der Waals surface area contributed by atoms with Gasteiger partial charge in [0.1, 0.15) is 40.6 Å². The molecule has 2 heterocycles. The van der Waals surface area contributed by atoms with Crippen LogP contribution in [-0.2, 0) is 15.9 Å². The third-order valence-corrected chi connectivity index (χ3v) is 10.7. The molecule has 0 spiro atoms. The van der Waals surface area contributed by atoms with Crippen molar-refractivity contribution >= 4 is 11.9 Å². The van der Waals surface area contributed by atoms with Crippen LogP contribution in [0.5, 0.6) is 92.0 Å². The summed E-state index contributed by atoms with van der Waals surface area (Å²) < 4.78 is 24.6. The number of phenolic OH excluding ortho intramolecular Hbond substituents is 14. The zero-order valence-corrected chi connectivity index (χ0v) is 32.3. The molecule has 20 nitrogen and oxygen atoms in total. The molecule has 8 rings (SSSR count). The van der Waals surface area contributed by atoms with Crippen LogP contribution in [0.2, 0.25) is 0 Å². The van der Waals surface area contributed by atoms with E-state index in [9.17, 15) is 81.1 Å². The topological polar surface area (TPSA) is 354 Å². The molecule has 0 amide bonds. The molecule has 6 aromatic carbocycles. The van der Waals surface area contributed by atoms with Crippen molar-refractivity contribution in [2.75, 3.05) is 0 Å². The second-order valence-electron chi connectivity index (χ2n) is 14.8. The van der Waals surface area contributed by atoms with Crippen molar-refractivity contribution < 1.29 is 100 Å². The van der Waals surface area contributed by atoms with Crippen LogP contribution in [0.3, 0.4) is 0 Å². The van der Waals surface area contributed by atoms with E-state index in [4.69, 9.17) is 18.9 Å². The van der Waals surface area contributed by atoms with Crippen molar-refractivity contribution in [1.29, 1.82) is 0 Å². The lowest BCUT2D eigenvalue weighted by Gasteiger charge is -2.42. The lowest BCUT2D eigenvalue weighted by molar-refractivity contribution is -0.0303. The number of esters is 2. The Bertz CT molecular complexity index is 2860. The summed E-state index contributed by atoms with van der Waals surface area (Å²) in [5, 5.41) is 147. The van der Waals surface area contributed by atoms with Crippen LogP contribution in [0, 0.1) is 0 Å². The fourth-order valence-electron chi connectivity index (χ4n) is 7.74. The molecule has 20 heteroatoms. The first-order valence-corrected chi connectivity index (χ1v) is 18.7. The van der Waals surface area contributed by atoms with Gasteiger partial charge in [0, 0.05) is 52.4 Å². The van der Waals surface area contributed by atoms with Gasteiger partial charge < -0.3 is 90.4 Å². The van der Waals surface area contributed by atoms with Crippen molar-refractivity contribution in [2.45, 2.75) is 36.8 Å². The molecule has 0 saturated carbocycles. The molecule has 0 saturated heterocycles. The molecule has 3 unspecified atom stereocenters. The summed E-state index contributed by atoms with van der Waals surface area (Å²) in [7, 11) is 0. The van der Waals surface area contributed by atoms with Crippen molar-refractivity contribution in [1.82, 2.24) is 0 Å². The Morgan fingerprint density at radius 1 is 0.469 bits per heavy atom. The number of phenols is 14. The Kier molecular flexibility index (Phi) is 10.1. The maximum Gasteiger partial charge on any atom is 0.338 e. The number of benzene rings is 6. The summed E-state index contributed by atoms with van der Waals surface area (Å²) in [6.07, 6.45) is -6.98. The van der Waals surface area contributed by atoms with E-state index in [0.717, 1.165) is 66.7 Å². The number of hydrogen-bond donors (Lipinski definition) is 14. The van der Waals surface area contributed by atoms with Gasteiger partial charge in [-0.2, -0.15) is 0 Å². The third kappa shape index (κ3) is 7.23. The fourth-order valence-corrected chi connectivity index (χ4v) is 7.74. The average molecular weight is 883 g/mol. The maximum absolute atomic E-state index is 14.1. The number of rotatable bonds is 7. The summed E-state index contributed by atoms with van der Waals surface area (Å²) in [6.45, 7) is 0. The molecular formula is C44H34O20. The molecule has 64 heavy (non-hydrogen) atoms. The van der Waals surface area contributed by atoms with Crippen LogP contribution in [0.4, 0.5) is 0 Å². The average Bonchev–Trinajstić information content (AvgIpc) is 3.23. The molecule has 0 aliphatic carbocycles. The van der Waals surface area contributed by atoms with Gasteiger partial charge in [-0.15, -0.1) is 0 Å². The van der Waals surface area contributed by atoms with E-state index in [-0.39, 0.29) is 33.6 Å². The van der Waals surface area contributed by atoms with Crippen molar-refractivity contribution in [2.24, 2.45) is 0 Å². The highest BCUT2D eigenvalue weighted by molar-refractivity contribution is 5.92. The normalized spacial score (nSPS) is 18.7. The predicted molar refractivity (Wildman–Crippen MR) is 213 cm³/mol. The van der Waals surface area contributed by atoms with Crippen LogP contribution in [-0.4, -0.2) is 95.6 Å². The van der Waals surface area contributed by atoms with Gasteiger partial charge in [0.25, 0.3) is 0 Å². The van der Waals surface area contributed by atoms with Gasteiger partial charge in [0.15, 0.2) is 75.8 Å². The molecule has 0 bridgehead atoms. The Morgan fingerprint density at radius 3 is 1.50 bits per heavy atom. The molecule has 2 aliphatic rings. The van der Waals surface area contributed by atoms with Gasteiger partial charge in [-0.05, 0) is 48.5 Å². The summed E-state index contributed by atoms with van der Waals surface area (Å²) in [6, 6.07) is 12.6. The fraction of sp³-hybridized carbons (Fsp3) is 0.136. The minimum Gasteiger partial charge on any atom is -0.508 e. The van der Waals surface area contributed by atoms with E-state index in [0.29, 0.717) is 0 Å². The van der Waals surface area contributed by atoms with Gasteiger partial charge in [-0.1, -0.05) is 12.1 Å². The van der Waals surface area contributed by atoms with Crippen molar-refractivity contribution in [3.63, 3.8) is 0 Å². The number of carbonyl (C=O) groups is 2. The molecule has 14 N–H and O–H groups in total. The first kappa shape index (κ1) is 41.8. The minimum absolute atomic E-state index is 0.0106. The van der Waals surface area contributed by atoms with Crippen LogP contribution < -0.4 is 9.47 Å². The molecule has 330 valence electrons. The summed E-state index contributed by atoms with van der Waals surface area (Å²) in [5.41, 5.74) is -1.85. The highest BCUT2D eigenvalue weighted by Crippen LogP contribution is 2.58. The van der Waals surface area contributed by atoms with E-state index >= 15 is 0 Å². The van der Waals surface area contributed by atoms with Crippen LogP contribution in [0.25, 0.3) is 0 Å². The molecule has 2 aliphatic heterocycles. The van der Waals surface area contributed by atoms with Crippen molar-refractivity contribution in [3.05, 3.63) is 118 Å². The molecule has 0 radical (unpaired) electrons. The van der Waals surface area contributed by atoms with Gasteiger partial charge in [-0.3, -0.25) is 0 Å². The van der Waals surface area contributed by atoms with Gasteiger partial charge in [-0.25, -0.2) is 9.59 Å². The van der Waals surface area contributed by atoms with E-state index in [2.05, 4.69) is 0 Å². The second kappa shape index (κ2) is 15.5. The monoisotopic (exact) mass is 882 g/mol. The van der Waals surface area contributed by atoms with Gasteiger partial charge in [0.05, 0.1) is 17.0 Å². The smallest absolute Gasteiger partial charge is 0.338 e. The van der Waals surface area contributed by atoms with Crippen molar-refractivity contribution in [3.8, 4) is 92.0 Å². The largest absolute Gasteiger partial charge is 0.508 e. The Labute approximate surface area is 358 Å². The highest BCUT2D eigenvalue weighted by atomic mass is 16.6. The van der Waals surface area contributed by atoms with Gasteiger partial charge in [0.2, 0.25) is 0 Å². The second-order valence-corrected chi connectivity index (χ2v) is 14.8. The number of aromatic hydroxyl groups is 14. The number of carbonyl (C=O) groups excluding carboxylic acids is 2. The standard InChI is InChI=1S/C44H34O20/c45-19-11-26(51)34-32(12-19)61-40(16-2-4-22(47)25(50)6-16)42(64-44(60)18-9-30(55)38(58)31(56)10-18)36(34)35-27(52)14-23(48)20-13-33(62-43(59)17-7-28(53)37(57)29(54)8-17)39(63-41(20)35)15-1-3-21(46)24(49)5-15/h1-12,14,33,36,39-40,42,45-58H,13H2/t33?,36?,39-,40-,42?/m1/s1. The first-order valence-electron chi connectivity index (χ1n) is 18.7. The Balaban J connectivity index is 1.34. The van der Waals surface area contributed by atoms with E-state index < -0.39 is 146 Å². The lowest BCUT2D eigenvalue weighted by atomic mass is 9.77. The molecule has 0 aromatic heterocycles. The van der Waals surface area contributed by atoms with E-state index in [1.807, 2.05) is 0 Å². The highest BCUT2D eigenvalue weighted by Gasteiger charge is 2.49. The molecule has 5 atom stereocenters. The quantitative estimate of drug-likeness (QED) is 0.0744. The van der Waals surface area contributed by atoms with Crippen LogP contribution >= 0.6 is 0 Å². The number of hydrogen-bond acceptors (Lipinski definition) is 20. The zero-order chi connectivity index (χ0) is 46.0. The van der Waals surface area contributed by atoms with E-state index in [1.54, 1.807) is 0 Å². The first-order chi connectivity index (χ1) is 30.3. The Morgan fingerprint density at radius 2 is 0.969 bits per heavy atom.